The van der Waals surface area contributed by atoms with Crippen LogP contribution in [0.25, 0.3) is 0 Å². The van der Waals surface area contributed by atoms with E-state index in [9.17, 15) is 8.78 Å². The molecule has 1 heterocycles. The predicted molar refractivity (Wildman–Crippen MR) is 62.7 cm³/mol. The molecule has 1 aromatic carbocycles. The normalized spacial score (nSPS) is 12.7. The van der Waals surface area contributed by atoms with E-state index in [0.717, 1.165) is 11.8 Å². The van der Waals surface area contributed by atoms with Gasteiger partial charge in [-0.1, -0.05) is 5.21 Å². The van der Waals surface area contributed by atoms with Crippen LogP contribution in [0.3, 0.4) is 0 Å². The highest BCUT2D eigenvalue weighted by Crippen LogP contribution is 2.11. The smallest absolute Gasteiger partial charge is 0.126 e. The monoisotopic (exact) mass is 252 g/mol. The average Bonchev–Trinajstić information content (AvgIpc) is 2.61. The molecule has 2 rings (SSSR count). The lowest BCUT2D eigenvalue weighted by atomic mass is 10.0. The molecule has 1 atom stereocenters. The van der Waals surface area contributed by atoms with E-state index in [1.807, 2.05) is 0 Å². The molecule has 96 valence electrons. The minimum absolute atomic E-state index is 0.247. The maximum atomic E-state index is 13.0. The SMILES string of the molecule is Cn1cc(CC(N)Cc2cc(F)cc(F)c2)nn1. The lowest BCUT2D eigenvalue weighted by molar-refractivity contribution is 0.574. The quantitative estimate of drug-likeness (QED) is 0.889. The first kappa shape index (κ1) is 12.6. The van der Waals surface area contributed by atoms with Gasteiger partial charge in [0.1, 0.15) is 11.6 Å². The third-order valence-corrected chi connectivity index (χ3v) is 2.54. The molecule has 2 aromatic rings. The van der Waals surface area contributed by atoms with E-state index in [-0.39, 0.29) is 6.04 Å². The molecule has 0 bridgehead atoms. The molecule has 0 saturated carbocycles. The van der Waals surface area contributed by atoms with Gasteiger partial charge in [0.2, 0.25) is 0 Å². The zero-order valence-corrected chi connectivity index (χ0v) is 9.98. The van der Waals surface area contributed by atoms with Crippen LogP contribution in [0, 0.1) is 11.6 Å². The van der Waals surface area contributed by atoms with Crippen molar-refractivity contribution >= 4 is 0 Å². The van der Waals surface area contributed by atoms with Crippen LogP contribution in [-0.2, 0) is 19.9 Å². The van der Waals surface area contributed by atoms with E-state index < -0.39 is 11.6 Å². The van der Waals surface area contributed by atoms with Gasteiger partial charge < -0.3 is 5.73 Å². The molecule has 0 spiro atoms. The van der Waals surface area contributed by atoms with Gasteiger partial charge in [-0.15, -0.1) is 5.10 Å². The topological polar surface area (TPSA) is 56.7 Å². The summed E-state index contributed by atoms with van der Waals surface area (Å²) in [5.41, 5.74) is 7.24. The molecule has 2 N–H and O–H groups in total. The van der Waals surface area contributed by atoms with Gasteiger partial charge >= 0.3 is 0 Å². The molecule has 4 nitrogen and oxygen atoms in total. The molecule has 0 amide bonds. The molecular formula is C12H14F2N4. The van der Waals surface area contributed by atoms with E-state index in [1.54, 1.807) is 17.9 Å². The minimum Gasteiger partial charge on any atom is -0.327 e. The Morgan fingerprint density at radius 1 is 1.22 bits per heavy atom. The highest BCUT2D eigenvalue weighted by Gasteiger charge is 2.10. The number of hydrogen-bond donors (Lipinski definition) is 1. The number of benzene rings is 1. The minimum atomic E-state index is -0.586. The van der Waals surface area contributed by atoms with Crippen LogP contribution in [-0.4, -0.2) is 21.0 Å². The molecule has 18 heavy (non-hydrogen) atoms. The van der Waals surface area contributed by atoms with Crippen molar-refractivity contribution in [3.8, 4) is 0 Å². The molecule has 0 saturated heterocycles. The van der Waals surface area contributed by atoms with E-state index in [4.69, 9.17) is 5.73 Å². The van der Waals surface area contributed by atoms with Crippen LogP contribution in [0.2, 0.25) is 0 Å². The lowest BCUT2D eigenvalue weighted by Crippen LogP contribution is -2.25. The zero-order chi connectivity index (χ0) is 13.1. The van der Waals surface area contributed by atoms with Crippen LogP contribution >= 0.6 is 0 Å². The van der Waals surface area contributed by atoms with Crippen LogP contribution in [0.1, 0.15) is 11.3 Å². The Labute approximate surface area is 103 Å². The van der Waals surface area contributed by atoms with E-state index in [0.29, 0.717) is 18.4 Å². The fraction of sp³-hybridized carbons (Fsp3) is 0.333. The Balaban J connectivity index is 2.00. The fourth-order valence-electron chi connectivity index (χ4n) is 1.86. The van der Waals surface area contributed by atoms with Crippen LogP contribution in [0.15, 0.2) is 24.4 Å². The molecule has 0 fully saturated rings. The van der Waals surface area contributed by atoms with Gasteiger partial charge in [0.15, 0.2) is 0 Å². The first-order valence-corrected chi connectivity index (χ1v) is 5.58. The first-order valence-electron chi connectivity index (χ1n) is 5.58. The van der Waals surface area contributed by atoms with Crippen molar-refractivity contribution in [2.24, 2.45) is 12.8 Å². The maximum absolute atomic E-state index is 13.0. The number of nitrogens with two attached hydrogens (primary N) is 1. The van der Waals surface area contributed by atoms with Crippen molar-refractivity contribution in [3.63, 3.8) is 0 Å². The summed E-state index contributed by atoms with van der Waals surface area (Å²) >= 11 is 0. The summed E-state index contributed by atoms with van der Waals surface area (Å²) in [5.74, 6) is -1.17. The van der Waals surface area contributed by atoms with Crippen molar-refractivity contribution in [2.45, 2.75) is 18.9 Å². The highest BCUT2D eigenvalue weighted by atomic mass is 19.1. The van der Waals surface area contributed by atoms with Gasteiger partial charge in [0.25, 0.3) is 0 Å². The van der Waals surface area contributed by atoms with Gasteiger partial charge in [0, 0.05) is 31.8 Å². The first-order chi connectivity index (χ1) is 8.52. The molecule has 6 heteroatoms. The number of aromatic nitrogens is 3. The fourth-order valence-corrected chi connectivity index (χ4v) is 1.86. The second-order valence-corrected chi connectivity index (χ2v) is 4.33. The molecule has 0 aliphatic carbocycles. The summed E-state index contributed by atoms with van der Waals surface area (Å²) in [4.78, 5) is 0. The summed E-state index contributed by atoms with van der Waals surface area (Å²) in [6.45, 7) is 0. The third kappa shape index (κ3) is 3.33. The average molecular weight is 252 g/mol. The van der Waals surface area contributed by atoms with Gasteiger partial charge in [0.05, 0.1) is 5.69 Å². The lowest BCUT2D eigenvalue weighted by Gasteiger charge is -2.09. The van der Waals surface area contributed by atoms with Crippen LogP contribution in [0.4, 0.5) is 8.78 Å². The van der Waals surface area contributed by atoms with Crippen molar-refractivity contribution in [3.05, 3.63) is 47.3 Å². The highest BCUT2D eigenvalue weighted by molar-refractivity contribution is 5.19. The third-order valence-electron chi connectivity index (χ3n) is 2.54. The molecule has 1 aromatic heterocycles. The van der Waals surface area contributed by atoms with E-state index >= 15 is 0 Å². The summed E-state index contributed by atoms with van der Waals surface area (Å²) in [5, 5.41) is 7.71. The number of aryl methyl sites for hydroxylation is 1. The molecule has 0 aliphatic rings. The van der Waals surface area contributed by atoms with E-state index in [2.05, 4.69) is 10.3 Å². The molecule has 1 unspecified atom stereocenters. The van der Waals surface area contributed by atoms with Gasteiger partial charge in [-0.05, 0) is 24.1 Å². The summed E-state index contributed by atoms with van der Waals surface area (Å²) < 4.78 is 27.6. The maximum Gasteiger partial charge on any atom is 0.126 e. The Morgan fingerprint density at radius 2 is 1.89 bits per heavy atom. The molecular weight excluding hydrogens is 238 g/mol. The van der Waals surface area contributed by atoms with Crippen molar-refractivity contribution in [1.82, 2.24) is 15.0 Å². The van der Waals surface area contributed by atoms with Crippen molar-refractivity contribution < 1.29 is 8.78 Å². The second-order valence-electron chi connectivity index (χ2n) is 4.33. The molecule has 0 aliphatic heterocycles. The molecule has 0 radical (unpaired) electrons. The summed E-state index contributed by atoms with van der Waals surface area (Å²) in [6.07, 6.45) is 2.68. The summed E-state index contributed by atoms with van der Waals surface area (Å²) in [7, 11) is 1.77. The Kier molecular flexibility index (Phi) is 3.66. The zero-order valence-electron chi connectivity index (χ0n) is 9.98. The van der Waals surface area contributed by atoms with Crippen LogP contribution < -0.4 is 5.73 Å². The Hall–Kier alpha value is -1.82. The van der Waals surface area contributed by atoms with Crippen LogP contribution in [0.5, 0.6) is 0 Å². The Morgan fingerprint density at radius 3 is 2.44 bits per heavy atom. The number of halogens is 2. The Bertz CT molecular complexity index is 518. The van der Waals surface area contributed by atoms with Gasteiger partial charge in [-0.3, -0.25) is 4.68 Å². The largest absolute Gasteiger partial charge is 0.327 e. The van der Waals surface area contributed by atoms with E-state index in [1.165, 1.54) is 12.1 Å². The number of rotatable bonds is 4. The number of hydrogen-bond acceptors (Lipinski definition) is 3. The van der Waals surface area contributed by atoms with Crippen molar-refractivity contribution in [1.29, 1.82) is 0 Å². The van der Waals surface area contributed by atoms with Crippen molar-refractivity contribution in [2.75, 3.05) is 0 Å². The second kappa shape index (κ2) is 5.22. The van der Waals surface area contributed by atoms with Gasteiger partial charge in [-0.2, -0.15) is 0 Å². The number of nitrogens with zero attached hydrogens (tertiary/aromatic N) is 3. The predicted octanol–water partition coefficient (Wildman–Crippen LogP) is 1.21. The summed E-state index contributed by atoms with van der Waals surface area (Å²) in [6, 6.07) is 3.18. The van der Waals surface area contributed by atoms with Gasteiger partial charge in [-0.25, -0.2) is 8.78 Å². The standard InChI is InChI=1S/C12H14F2N4/c1-18-7-12(16-17-18)6-11(15)4-8-2-9(13)5-10(14)3-8/h2-3,5,7,11H,4,6,15H2,1H3.